The van der Waals surface area contributed by atoms with Crippen molar-refractivity contribution >= 4 is 0 Å². The molecular formula is C16H21NO3. The number of methoxy groups -OCH3 is 1. The number of benzene rings is 1. The molecule has 0 bridgehead atoms. The molecule has 0 radical (unpaired) electrons. The van der Waals surface area contributed by atoms with E-state index in [4.69, 9.17) is 9.15 Å². The number of hydrogen-bond acceptors (Lipinski definition) is 3. The van der Waals surface area contributed by atoms with Crippen LogP contribution in [0.3, 0.4) is 0 Å². The van der Waals surface area contributed by atoms with E-state index < -0.39 is 0 Å². The molecule has 1 heterocycles. The molecule has 20 heavy (non-hydrogen) atoms. The second-order valence-electron chi connectivity index (χ2n) is 5.01. The van der Waals surface area contributed by atoms with E-state index >= 15 is 0 Å². The maximum atomic E-state index is 12.2. The van der Waals surface area contributed by atoms with Crippen molar-refractivity contribution in [1.29, 1.82) is 0 Å². The molecule has 2 atom stereocenters. The summed E-state index contributed by atoms with van der Waals surface area (Å²) in [7, 11) is 1.53. The normalized spacial score (nSPS) is 14.0. The Morgan fingerprint density at radius 2 is 1.90 bits per heavy atom. The lowest BCUT2D eigenvalue weighted by atomic mass is 10.0. The second kappa shape index (κ2) is 5.99. The van der Waals surface area contributed by atoms with E-state index in [1.54, 1.807) is 4.57 Å². The van der Waals surface area contributed by atoms with E-state index in [-0.39, 0.29) is 17.7 Å². The van der Waals surface area contributed by atoms with Gasteiger partial charge in [-0.15, -0.1) is 0 Å². The Morgan fingerprint density at radius 1 is 1.25 bits per heavy atom. The average Bonchev–Trinajstić information content (AvgIpc) is 2.83. The summed E-state index contributed by atoms with van der Waals surface area (Å²) < 4.78 is 12.2. The minimum Gasteiger partial charge on any atom is -0.467 e. The molecule has 0 aliphatic rings. The second-order valence-corrected chi connectivity index (χ2v) is 5.01. The number of nitrogens with zero attached hydrogens (tertiary/aromatic N) is 1. The van der Waals surface area contributed by atoms with Crippen LogP contribution >= 0.6 is 0 Å². The van der Waals surface area contributed by atoms with Gasteiger partial charge in [-0.1, -0.05) is 44.2 Å². The highest BCUT2D eigenvalue weighted by atomic mass is 16.6. The molecule has 0 aliphatic carbocycles. The number of oxazole rings is 1. The lowest BCUT2D eigenvalue weighted by Gasteiger charge is -2.18. The van der Waals surface area contributed by atoms with Crippen LogP contribution in [0.15, 0.2) is 39.5 Å². The van der Waals surface area contributed by atoms with Gasteiger partial charge in [-0.3, -0.25) is 4.57 Å². The van der Waals surface area contributed by atoms with Crippen LogP contribution in [0.25, 0.3) is 0 Å². The zero-order valence-electron chi connectivity index (χ0n) is 12.4. The Hall–Kier alpha value is -1.97. The van der Waals surface area contributed by atoms with Gasteiger partial charge in [0.25, 0.3) is 0 Å². The third-order valence-corrected chi connectivity index (χ3v) is 3.78. The van der Waals surface area contributed by atoms with Crippen molar-refractivity contribution in [2.45, 2.75) is 39.2 Å². The summed E-state index contributed by atoms with van der Waals surface area (Å²) in [6.07, 6.45) is 0.914. The van der Waals surface area contributed by atoms with Gasteiger partial charge in [-0.2, -0.15) is 0 Å². The lowest BCUT2D eigenvalue weighted by molar-refractivity contribution is 0.289. The average molecular weight is 275 g/mol. The first-order chi connectivity index (χ1) is 9.60. The van der Waals surface area contributed by atoms with Gasteiger partial charge in [0.15, 0.2) is 0 Å². The van der Waals surface area contributed by atoms with E-state index in [2.05, 4.69) is 13.8 Å². The van der Waals surface area contributed by atoms with Crippen LogP contribution in [0.1, 0.15) is 50.4 Å². The minimum absolute atomic E-state index is 0.0830. The summed E-state index contributed by atoms with van der Waals surface area (Å²) in [4.78, 5) is 12.2. The molecule has 1 aromatic carbocycles. The van der Waals surface area contributed by atoms with Gasteiger partial charge in [0, 0.05) is 5.92 Å². The van der Waals surface area contributed by atoms with Crippen LogP contribution in [0, 0.1) is 0 Å². The maximum Gasteiger partial charge on any atom is 0.422 e. The molecule has 0 amide bonds. The molecule has 0 spiro atoms. The van der Waals surface area contributed by atoms with Crippen molar-refractivity contribution in [3.8, 4) is 5.95 Å². The van der Waals surface area contributed by atoms with Gasteiger partial charge in [0.1, 0.15) is 5.69 Å². The van der Waals surface area contributed by atoms with Crippen LogP contribution in [0.5, 0.6) is 5.95 Å². The fourth-order valence-corrected chi connectivity index (χ4v) is 2.40. The van der Waals surface area contributed by atoms with Crippen molar-refractivity contribution in [3.05, 3.63) is 52.1 Å². The standard InChI is InChI=1S/C16H21NO3/c1-5-11(2)14-15(19-4)20-16(18)17(14)12(3)13-9-7-6-8-10-13/h6-12H,5H2,1-4H3. The molecular weight excluding hydrogens is 254 g/mol. The largest absolute Gasteiger partial charge is 0.467 e. The SMILES string of the molecule is CCC(C)c1c(OC)oc(=O)n1C(C)c1ccccc1. The number of ether oxygens (including phenoxy) is 1. The predicted molar refractivity (Wildman–Crippen MR) is 78.5 cm³/mol. The summed E-state index contributed by atoms with van der Waals surface area (Å²) >= 11 is 0. The molecule has 108 valence electrons. The first kappa shape index (κ1) is 14.4. The Kier molecular flexibility index (Phi) is 4.32. The van der Waals surface area contributed by atoms with Gasteiger partial charge in [-0.05, 0) is 18.9 Å². The lowest BCUT2D eigenvalue weighted by Crippen LogP contribution is -2.22. The third kappa shape index (κ3) is 2.50. The molecule has 0 fully saturated rings. The van der Waals surface area contributed by atoms with Crippen LogP contribution in [-0.4, -0.2) is 11.7 Å². The van der Waals surface area contributed by atoms with Crippen molar-refractivity contribution in [1.82, 2.24) is 4.57 Å². The first-order valence-electron chi connectivity index (χ1n) is 6.94. The highest BCUT2D eigenvalue weighted by Crippen LogP contribution is 2.31. The first-order valence-corrected chi connectivity index (χ1v) is 6.94. The Labute approximate surface area is 119 Å². The topological polar surface area (TPSA) is 44.4 Å². The molecule has 4 nitrogen and oxygen atoms in total. The quantitative estimate of drug-likeness (QED) is 0.838. The number of aromatic nitrogens is 1. The molecule has 2 unspecified atom stereocenters. The fourth-order valence-electron chi connectivity index (χ4n) is 2.40. The van der Waals surface area contributed by atoms with E-state index in [1.165, 1.54) is 7.11 Å². The highest BCUT2D eigenvalue weighted by Gasteiger charge is 2.25. The van der Waals surface area contributed by atoms with E-state index in [0.29, 0.717) is 5.95 Å². The van der Waals surface area contributed by atoms with Gasteiger partial charge in [0.05, 0.1) is 13.2 Å². The monoisotopic (exact) mass is 275 g/mol. The Balaban J connectivity index is 2.56. The summed E-state index contributed by atoms with van der Waals surface area (Å²) in [5.41, 5.74) is 1.90. The van der Waals surface area contributed by atoms with Crippen molar-refractivity contribution in [2.24, 2.45) is 0 Å². The predicted octanol–water partition coefficient (Wildman–Crippen LogP) is 3.57. The summed E-state index contributed by atoms with van der Waals surface area (Å²) in [5.74, 6) is 0.156. The molecule has 2 aromatic rings. The number of hydrogen-bond donors (Lipinski definition) is 0. The van der Waals surface area contributed by atoms with Crippen LogP contribution in [0.4, 0.5) is 0 Å². The zero-order valence-corrected chi connectivity index (χ0v) is 12.4. The Bertz CT molecular complexity index is 612. The van der Waals surface area contributed by atoms with Crippen LogP contribution in [0.2, 0.25) is 0 Å². The van der Waals surface area contributed by atoms with Crippen LogP contribution < -0.4 is 10.5 Å². The molecule has 0 saturated carbocycles. The van der Waals surface area contributed by atoms with E-state index in [9.17, 15) is 4.79 Å². The van der Waals surface area contributed by atoms with Gasteiger partial charge < -0.3 is 9.15 Å². The highest BCUT2D eigenvalue weighted by molar-refractivity contribution is 5.25. The van der Waals surface area contributed by atoms with E-state index in [1.807, 2.05) is 37.3 Å². The summed E-state index contributed by atoms with van der Waals surface area (Å²) in [5, 5.41) is 0. The summed E-state index contributed by atoms with van der Waals surface area (Å²) in [6.45, 7) is 6.15. The van der Waals surface area contributed by atoms with Crippen molar-refractivity contribution < 1.29 is 9.15 Å². The van der Waals surface area contributed by atoms with Gasteiger partial charge in [0.2, 0.25) is 0 Å². The fraction of sp³-hybridized carbons (Fsp3) is 0.438. The third-order valence-electron chi connectivity index (χ3n) is 3.78. The smallest absolute Gasteiger partial charge is 0.422 e. The molecule has 0 saturated heterocycles. The minimum atomic E-state index is -0.367. The Morgan fingerprint density at radius 3 is 2.45 bits per heavy atom. The van der Waals surface area contributed by atoms with Gasteiger partial charge >= 0.3 is 11.7 Å². The summed E-state index contributed by atoms with van der Waals surface area (Å²) in [6, 6.07) is 9.84. The molecule has 0 aliphatic heterocycles. The zero-order chi connectivity index (χ0) is 14.7. The van der Waals surface area contributed by atoms with Gasteiger partial charge in [-0.25, -0.2) is 4.79 Å². The molecule has 4 heteroatoms. The molecule has 1 aromatic heterocycles. The number of rotatable bonds is 5. The molecule has 2 rings (SSSR count). The van der Waals surface area contributed by atoms with E-state index in [0.717, 1.165) is 17.7 Å². The maximum absolute atomic E-state index is 12.2. The van der Waals surface area contributed by atoms with Crippen molar-refractivity contribution in [3.63, 3.8) is 0 Å². The molecule has 0 N–H and O–H groups in total. The van der Waals surface area contributed by atoms with Crippen molar-refractivity contribution in [2.75, 3.05) is 7.11 Å². The van der Waals surface area contributed by atoms with Crippen LogP contribution in [-0.2, 0) is 0 Å².